The highest BCUT2D eigenvalue weighted by atomic mass is 16.3. The minimum Gasteiger partial charge on any atom is -0.504 e. The van der Waals surface area contributed by atoms with Crippen molar-refractivity contribution in [2.24, 2.45) is 0 Å². The Balaban J connectivity index is 1.99. The van der Waals surface area contributed by atoms with E-state index in [2.05, 4.69) is 42.5 Å². The standard InChI is InChI=1S/C20H12O2/c21-18-8-7-12-9-16-13-5-1-3-11-4-2-6-14(19(11)13)17(16)10-15(12)20(18)22/h1-10,21-22H. The molecule has 0 aromatic heterocycles. The van der Waals surface area contributed by atoms with Gasteiger partial charge in [-0.2, -0.15) is 0 Å². The molecule has 1 aliphatic carbocycles. The van der Waals surface area contributed by atoms with Crippen LogP contribution in [0, 0.1) is 0 Å². The summed E-state index contributed by atoms with van der Waals surface area (Å²) in [6.07, 6.45) is 0. The molecule has 0 atom stereocenters. The predicted molar refractivity (Wildman–Crippen MR) is 89.2 cm³/mol. The molecule has 0 fully saturated rings. The second-order valence-electron chi connectivity index (χ2n) is 5.76. The molecule has 22 heavy (non-hydrogen) atoms. The number of phenols is 2. The molecule has 2 heteroatoms. The van der Waals surface area contributed by atoms with Gasteiger partial charge in [-0.25, -0.2) is 0 Å². The minimum atomic E-state index is -0.0823. The second kappa shape index (κ2) is 3.80. The first kappa shape index (κ1) is 11.6. The summed E-state index contributed by atoms with van der Waals surface area (Å²) in [7, 11) is 0. The summed E-state index contributed by atoms with van der Waals surface area (Å²) in [5.41, 5.74) is 4.72. The highest BCUT2D eigenvalue weighted by molar-refractivity contribution is 6.17. The molecule has 0 heterocycles. The van der Waals surface area contributed by atoms with Gasteiger partial charge in [0.2, 0.25) is 0 Å². The third-order valence-electron chi connectivity index (χ3n) is 4.59. The molecule has 5 rings (SSSR count). The van der Waals surface area contributed by atoms with Crippen LogP contribution in [0.3, 0.4) is 0 Å². The number of aromatic hydroxyl groups is 2. The van der Waals surface area contributed by atoms with Gasteiger partial charge >= 0.3 is 0 Å². The third-order valence-corrected chi connectivity index (χ3v) is 4.59. The van der Waals surface area contributed by atoms with Gasteiger partial charge < -0.3 is 10.2 Å². The monoisotopic (exact) mass is 284 g/mol. The molecule has 0 radical (unpaired) electrons. The Labute approximate surface area is 126 Å². The Hall–Kier alpha value is -3.00. The fraction of sp³-hybridized carbons (Fsp3) is 0. The molecule has 0 amide bonds. The normalized spacial score (nSPS) is 12.0. The molecule has 104 valence electrons. The summed E-state index contributed by atoms with van der Waals surface area (Å²) in [5.74, 6) is -0.135. The molecule has 2 N–H and O–H groups in total. The van der Waals surface area contributed by atoms with Gasteiger partial charge in [0.1, 0.15) is 0 Å². The summed E-state index contributed by atoms with van der Waals surface area (Å²) in [6, 6.07) is 20.1. The van der Waals surface area contributed by atoms with E-state index in [0.29, 0.717) is 5.39 Å². The summed E-state index contributed by atoms with van der Waals surface area (Å²) in [5, 5.41) is 24.0. The number of phenolic OH excluding ortho intramolecular Hbond substituents is 2. The Kier molecular flexibility index (Phi) is 2.01. The smallest absolute Gasteiger partial charge is 0.165 e. The summed E-state index contributed by atoms with van der Waals surface area (Å²) >= 11 is 0. The SMILES string of the molecule is Oc1ccc2cc3c(cc2c1O)-c1cccc2cccc-3c12. The zero-order valence-corrected chi connectivity index (χ0v) is 11.7. The maximum absolute atomic E-state index is 10.2. The Morgan fingerprint density at radius 1 is 0.591 bits per heavy atom. The topological polar surface area (TPSA) is 40.5 Å². The van der Waals surface area contributed by atoms with Crippen molar-refractivity contribution in [2.45, 2.75) is 0 Å². The van der Waals surface area contributed by atoms with Gasteiger partial charge in [0.05, 0.1) is 0 Å². The lowest BCUT2D eigenvalue weighted by molar-refractivity contribution is 0.408. The molecule has 0 spiro atoms. The average Bonchev–Trinajstić information content (AvgIpc) is 2.86. The van der Waals surface area contributed by atoms with Crippen molar-refractivity contribution in [2.75, 3.05) is 0 Å². The fourth-order valence-corrected chi connectivity index (χ4v) is 3.58. The van der Waals surface area contributed by atoms with E-state index in [0.717, 1.165) is 10.9 Å². The predicted octanol–water partition coefficient (Wildman–Crippen LogP) is 5.05. The van der Waals surface area contributed by atoms with Gasteiger partial charge in [-0.05, 0) is 56.6 Å². The fourth-order valence-electron chi connectivity index (χ4n) is 3.58. The Bertz CT molecular complexity index is 1090. The largest absolute Gasteiger partial charge is 0.504 e. The van der Waals surface area contributed by atoms with Crippen LogP contribution in [0.5, 0.6) is 11.5 Å². The van der Waals surface area contributed by atoms with Gasteiger partial charge in [0.15, 0.2) is 11.5 Å². The van der Waals surface area contributed by atoms with Gasteiger partial charge in [0.25, 0.3) is 0 Å². The summed E-state index contributed by atoms with van der Waals surface area (Å²) in [4.78, 5) is 0. The minimum absolute atomic E-state index is 0.0524. The van der Waals surface area contributed by atoms with Crippen LogP contribution >= 0.6 is 0 Å². The number of hydrogen-bond donors (Lipinski definition) is 2. The van der Waals surface area contributed by atoms with Crippen molar-refractivity contribution in [3.05, 3.63) is 60.7 Å². The quantitative estimate of drug-likeness (QED) is 0.391. The van der Waals surface area contributed by atoms with Crippen LogP contribution in [0.2, 0.25) is 0 Å². The van der Waals surface area contributed by atoms with E-state index < -0.39 is 0 Å². The van der Waals surface area contributed by atoms with Crippen molar-refractivity contribution in [3.8, 4) is 33.8 Å². The maximum Gasteiger partial charge on any atom is 0.165 e. The van der Waals surface area contributed by atoms with Gasteiger partial charge in [-0.15, -0.1) is 0 Å². The number of rotatable bonds is 0. The van der Waals surface area contributed by atoms with Crippen LogP contribution in [0.25, 0.3) is 43.8 Å². The molecular formula is C20H12O2. The van der Waals surface area contributed by atoms with Gasteiger partial charge in [-0.1, -0.05) is 42.5 Å². The Morgan fingerprint density at radius 2 is 1.27 bits per heavy atom. The molecule has 0 saturated carbocycles. The zero-order chi connectivity index (χ0) is 14.8. The van der Waals surface area contributed by atoms with Crippen LogP contribution in [0.15, 0.2) is 60.7 Å². The Morgan fingerprint density at radius 3 is 2.00 bits per heavy atom. The van der Waals surface area contributed by atoms with E-state index in [-0.39, 0.29) is 11.5 Å². The number of hydrogen-bond acceptors (Lipinski definition) is 2. The lowest BCUT2D eigenvalue weighted by atomic mass is 9.98. The highest BCUT2D eigenvalue weighted by Gasteiger charge is 2.22. The van der Waals surface area contributed by atoms with Crippen molar-refractivity contribution in [3.63, 3.8) is 0 Å². The second-order valence-corrected chi connectivity index (χ2v) is 5.76. The summed E-state index contributed by atoms with van der Waals surface area (Å²) in [6.45, 7) is 0. The lowest BCUT2D eigenvalue weighted by Gasteiger charge is -2.08. The number of benzene rings is 4. The first-order chi connectivity index (χ1) is 10.7. The van der Waals surface area contributed by atoms with Crippen LogP contribution in [-0.2, 0) is 0 Å². The first-order valence-corrected chi connectivity index (χ1v) is 7.25. The van der Waals surface area contributed by atoms with E-state index in [4.69, 9.17) is 0 Å². The molecule has 1 aliphatic rings. The van der Waals surface area contributed by atoms with Gasteiger partial charge in [-0.3, -0.25) is 0 Å². The first-order valence-electron chi connectivity index (χ1n) is 7.25. The van der Waals surface area contributed by atoms with Crippen LogP contribution in [-0.4, -0.2) is 10.2 Å². The molecule has 0 bridgehead atoms. The van der Waals surface area contributed by atoms with Crippen LogP contribution < -0.4 is 0 Å². The zero-order valence-electron chi connectivity index (χ0n) is 11.7. The maximum atomic E-state index is 10.2. The number of fused-ring (bicyclic) bond motifs is 4. The van der Waals surface area contributed by atoms with E-state index in [1.807, 2.05) is 12.1 Å². The highest BCUT2D eigenvalue weighted by Crippen LogP contribution is 2.49. The molecule has 0 unspecified atom stereocenters. The molecular weight excluding hydrogens is 272 g/mol. The van der Waals surface area contributed by atoms with E-state index in [1.54, 1.807) is 0 Å². The van der Waals surface area contributed by atoms with E-state index in [9.17, 15) is 10.2 Å². The van der Waals surface area contributed by atoms with Crippen molar-refractivity contribution in [1.82, 2.24) is 0 Å². The van der Waals surface area contributed by atoms with Crippen molar-refractivity contribution >= 4 is 21.5 Å². The molecule has 4 aromatic rings. The van der Waals surface area contributed by atoms with Crippen molar-refractivity contribution in [1.29, 1.82) is 0 Å². The van der Waals surface area contributed by atoms with Crippen molar-refractivity contribution < 1.29 is 10.2 Å². The molecule has 0 saturated heterocycles. The van der Waals surface area contributed by atoms with E-state index >= 15 is 0 Å². The molecule has 2 nitrogen and oxygen atoms in total. The lowest BCUT2D eigenvalue weighted by Crippen LogP contribution is -1.81. The average molecular weight is 284 g/mol. The molecule has 4 aromatic carbocycles. The van der Waals surface area contributed by atoms with E-state index in [1.165, 1.54) is 33.5 Å². The third kappa shape index (κ3) is 1.29. The van der Waals surface area contributed by atoms with Gasteiger partial charge in [0, 0.05) is 5.39 Å². The molecule has 0 aliphatic heterocycles. The van der Waals surface area contributed by atoms with Crippen LogP contribution in [0.4, 0.5) is 0 Å². The van der Waals surface area contributed by atoms with Crippen LogP contribution in [0.1, 0.15) is 0 Å². The summed E-state index contributed by atoms with van der Waals surface area (Å²) < 4.78 is 0.